The minimum atomic E-state index is -0.470. The molecular weight excluding hydrogens is 198 g/mol. The van der Waals surface area contributed by atoms with E-state index in [-0.39, 0.29) is 0 Å². The van der Waals surface area contributed by atoms with Crippen molar-refractivity contribution in [3.8, 4) is 0 Å². The Morgan fingerprint density at radius 1 is 1.40 bits per heavy atom. The van der Waals surface area contributed by atoms with Crippen molar-refractivity contribution in [1.82, 2.24) is 19.5 Å². The van der Waals surface area contributed by atoms with Crippen LogP contribution >= 0.6 is 0 Å². The molecule has 7 heteroatoms. The summed E-state index contributed by atoms with van der Waals surface area (Å²) < 4.78 is 1.29. The predicted molar refractivity (Wildman–Crippen MR) is 56.1 cm³/mol. The summed E-state index contributed by atoms with van der Waals surface area (Å²) in [6.07, 6.45) is 0. The topological polar surface area (TPSA) is 95.6 Å². The van der Waals surface area contributed by atoms with Crippen molar-refractivity contribution < 1.29 is 0 Å². The average Bonchev–Trinajstić information content (AvgIpc) is 2.60. The van der Waals surface area contributed by atoms with Crippen LogP contribution in [0.4, 0.5) is 5.95 Å². The first kappa shape index (κ1) is 9.50. The number of nitrogens with zero attached hydrogens (tertiary/aromatic N) is 2. The van der Waals surface area contributed by atoms with E-state index in [2.05, 4.69) is 20.3 Å². The standard InChI is InChI=1S/C8H11N5O2/c1-3-9-7-10-4-5(11-7)13(2)8(15)12-6(4)14/h3H2,1-2H3,(H2,9,10,11)(H,12,14,15). The Morgan fingerprint density at radius 3 is 2.80 bits per heavy atom. The molecule has 0 spiro atoms. The Labute approximate surface area is 84.2 Å². The monoisotopic (exact) mass is 209 g/mol. The van der Waals surface area contributed by atoms with Gasteiger partial charge in [-0.05, 0) is 6.92 Å². The Morgan fingerprint density at radius 2 is 2.13 bits per heavy atom. The van der Waals surface area contributed by atoms with Crippen molar-refractivity contribution >= 4 is 17.1 Å². The Hall–Kier alpha value is -2.05. The molecule has 0 amide bonds. The summed E-state index contributed by atoms with van der Waals surface area (Å²) in [5.74, 6) is 0.485. The van der Waals surface area contributed by atoms with Crippen molar-refractivity contribution in [2.24, 2.45) is 7.05 Å². The molecule has 3 N–H and O–H groups in total. The molecular formula is C8H11N5O2. The molecule has 80 valence electrons. The number of anilines is 1. The van der Waals surface area contributed by atoms with E-state index in [1.165, 1.54) is 4.57 Å². The van der Waals surface area contributed by atoms with Crippen molar-refractivity contribution in [3.63, 3.8) is 0 Å². The average molecular weight is 209 g/mol. The lowest BCUT2D eigenvalue weighted by atomic mass is 10.5. The lowest BCUT2D eigenvalue weighted by Crippen LogP contribution is -2.28. The van der Waals surface area contributed by atoms with Gasteiger partial charge >= 0.3 is 5.69 Å². The van der Waals surface area contributed by atoms with Gasteiger partial charge in [0, 0.05) is 13.6 Å². The molecule has 0 aromatic carbocycles. The first-order valence-electron chi connectivity index (χ1n) is 4.56. The van der Waals surface area contributed by atoms with Gasteiger partial charge < -0.3 is 10.3 Å². The van der Waals surface area contributed by atoms with Gasteiger partial charge in [0.05, 0.1) is 0 Å². The molecule has 0 radical (unpaired) electrons. The number of rotatable bonds is 2. The number of aromatic amines is 2. The number of H-pyrrole nitrogens is 2. The number of aryl methyl sites for hydroxylation is 1. The van der Waals surface area contributed by atoms with Gasteiger partial charge in [-0.15, -0.1) is 0 Å². The van der Waals surface area contributed by atoms with Gasteiger partial charge in [-0.1, -0.05) is 0 Å². The third-order valence-corrected chi connectivity index (χ3v) is 2.10. The van der Waals surface area contributed by atoms with Gasteiger partial charge in [-0.3, -0.25) is 14.3 Å². The first-order valence-corrected chi connectivity index (χ1v) is 4.56. The molecule has 2 aromatic heterocycles. The van der Waals surface area contributed by atoms with Gasteiger partial charge in [0.15, 0.2) is 11.2 Å². The highest BCUT2D eigenvalue weighted by atomic mass is 16.2. The van der Waals surface area contributed by atoms with Gasteiger partial charge in [0.1, 0.15) is 0 Å². The van der Waals surface area contributed by atoms with Crippen LogP contribution in [0.1, 0.15) is 6.92 Å². The van der Waals surface area contributed by atoms with Gasteiger partial charge in [0.25, 0.3) is 5.56 Å². The Bertz CT molecular complexity index is 606. The zero-order chi connectivity index (χ0) is 11.0. The number of hydrogen-bond donors (Lipinski definition) is 3. The second-order valence-corrected chi connectivity index (χ2v) is 3.13. The Balaban J connectivity index is 2.80. The first-order chi connectivity index (χ1) is 7.13. The molecule has 0 fully saturated rings. The van der Waals surface area contributed by atoms with Crippen molar-refractivity contribution in [2.45, 2.75) is 6.92 Å². The largest absolute Gasteiger partial charge is 0.356 e. The van der Waals surface area contributed by atoms with E-state index in [1.807, 2.05) is 6.92 Å². The zero-order valence-electron chi connectivity index (χ0n) is 8.42. The molecule has 0 atom stereocenters. The second kappa shape index (κ2) is 3.26. The summed E-state index contributed by atoms with van der Waals surface area (Å²) in [7, 11) is 1.55. The van der Waals surface area contributed by atoms with E-state index in [0.717, 1.165) is 0 Å². The molecule has 0 saturated carbocycles. The highest BCUT2D eigenvalue weighted by Gasteiger charge is 2.09. The zero-order valence-corrected chi connectivity index (χ0v) is 8.42. The van der Waals surface area contributed by atoms with Crippen LogP contribution in [0.3, 0.4) is 0 Å². The van der Waals surface area contributed by atoms with E-state index in [9.17, 15) is 9.59 Å². The van der Waals surface area contributed by atoms with Crippen molar-refractivity contribution in [1.29, 1.82) is 0 Å². The molecule has 2 heterocycles. The summed E-state index contributed by atoms with van der Waals surface area (Å²) >= 11 is 0. The predicted octanol–water partition coefficient (Wildman–Crippen LogP) is -0.618. The van der Waals surface area contributed by atoms with E-state index in [4.69, 9.17) is 0 Å². The quantitative estimate of drug-likeness (QED) is 0.614. The van der Waals surface area contributed by atoms with Crippen LogP contribution in [0.15, 0.2) is 9.59 Å². The lowest BCUT2D eigenvalue weighted by molar-refractivity contribution is 0.832. The fourth-order valence-electron chi connectivity index (χ4n) is 1.36. The summed E-state index contributed by atoms with van der Waals surface area (Å²) in [5, 5.41) is 2.94. The summed E-state index contributed by atoms with van der Waals surface area (Å²) in [4.78, 5) is 31.8. The minimum Gasteiger partial charge on any atom is -0.356 e. The van der Waals surface area contributed by atoms with Crippen molar-refractivity contribution in [3.05, 3.63) is 20.8 Å². The number of imidazole rings is 1. The third kappa shape index (κ3) is 1.41. The maximum Gasteiger partial charge on any atom is 0.329 e. The van der Waals surface area contributed by atoms with Crippen molar-refractivity contribution in [2.75, 3.05) is 11.9 Å². The van der Waals surface area contributed by atoms with E-state index in [1.54, 1.807) is 7.05 Å². The van der Waals surface area contributed by atoms with Crippen LogP contribution in [0.25, 0.3) is 11.2 Å². The number of aromatic nitrogens is 4. The maximum atomic E-state index is 11.4. The number of nitrogens with one attached hydrogen (secondary N) is 3. The summed E-state index contributed by atoms with van der Waals surface area (Å²) in [5.41, 5.74) is -0.278. The smallest absolute Gasteiger partial charge is 0.329 e. The van der Waals surface area contributed by atoms with Gasteiger partial charge in [-0.25, -0.2) is 4.79 Å². The molecule has 15 heavy (non-hydrogen) atoms. The van der Waals surface area contributed by atoms with Crippen LogP contribution in [0, 0.1) is 0 Å². The minimum absolute atomic E-state index is 0.299. The third-order valence-electron chi connectivity index (χ3n) is 2.10. The van der Waals surface area contributed by atoms with Crippen LogP contribution in [-0.4, -0.2) is 26.1 Å². The number of hydrogen-bond acceptors (Lipinski definition) is 4. The SMILES string of the molecule is CCNc1nc2c([nH]1)c(=O)[nH]c(=O)n2C. The Kier molecular flexibility index (Phi) is 2.07. The van der Waals surface area contributed by atoms with Gasteiger partial charge in [-0.2, -0.15) is 4.98 Å². The number of fused-ring (bicyclic) bond motifs is 1. The van der Waals surface area contributed by atoms with E-state index in [0.29, 0.717) is 23.7 Å². The highest BCUT2D eigenvalue weighted by Crippen LogP contribution is 2.06. The molecule has 0 aliphatic carbocycles. The fourth-order valence-corrected chi connectivity index (χ4v) is 1.36. The molecule has 0 aliphatic rings. The highest BCUT2D eigenvalue weighted by molar-refractivity contribution is 5.72. The molecule has 2 aromatic rings. The molecule has 0 saturated heterocycles. The normalized spacial score (nSPS) is 10.8. The molecule has 7 nitrogen and oxygen atoms in total. The molecule has 0 unspecified atom stereocenters. The fraction of sp³-hybridized carbons (Fsp3) is 0.375. The van der Waals surface area contributed by atoms with Crippen LogP contribution < -0.4 is 16.6 Å². The lowest BCUT2D eigenvalue weighted by Gasteiger charge is -1.94. The second-order valence-electron chi connectivity index (χ2n) is 3.13. The molecule has 0 aliphatic heterocycles. The van der Waals surface area contributed by atoms with Crippen LogP contribution in [-0.2, 0) is 7.05 Å². The molecule has 2 rings (SSSR count). The van der Waals surface area contributed by atoms with Crippen LogP contribution in [0.5, 0.6) is 0 Å². The van der Waals surface area contributed by atoms with E-state index >= 15 is 0 Å². The van der Waals surface area contributed by atoms with Gasteiger partial charge in [0.2, 0.25) is 5.95 Å². The van der Waals surface area contributed by atoms with E-state index < -0.39 is 11.2 Å². The maximum absolute atomic E-state index is 11.4. The summed E-state index contributed by atoms with van der Waals surface area (Å²) in [6.45, 7) is 2.60. The summed E-state index contributed by atoms with van der Waals surface area (Å²) in [6, 6.07) is 0. The molecule has 0 bridgehead atoms. The van der Waals surface area contributed by atoms with Crippen LogP contribution in [0.2, 0.25) is 0 Å².